The second-order valence-electron chi connectivity index (χ2n) is 15.0. The predicted molar refractivity (Wildman–Crippen MR) is 244 cm³/mol. The maximum atomic E-state index is 5.66. The maximum Gasteiger partial charge on any atom is 0.0995 e. The van der Waals surface area contributed by atoms with Gasteiger partial charge in [-0.2, -0.15) is 0 Å². The predicted octanol–water partition coefficient (Wildman–Crippen LogP) is 14.5. The lowest BCUT2D eigenvalue weighted by atomic mass is 9.98. The van der Waals surface area contributed by atoms with Crippen LogP contribution in [0.3, 0.4) is 0 Å². The quantitative estimate of drug-likeness (QED) is 0.130. The average molecular weight is 739 g/mol. The van der Waals surface area contributed by atoms with Crippen LogP contribution in [0.5, 0.6) is 0 Å². The van der Waals surface area contributed by atoms with E-state index in [9.17, 15) is 0 Å². The lowest BCUT2D eigenvalue weighted by Gasteiger charge is -2.26. The lowest BCUT2D eigenvalue weighted by Crippen LogP contribution is -2.09. The third-order valence-corrected chi connectivity index (χ3v) is 11.7. The van der Waals surface area contributed by atoms with Crippen LogP contribution in [0.4, 0.5) is 17.1 Å². The number of hydrogen-bond acceptors (Lipinski definition) is 3. The van der Waals surface area contributed by atoms with Gasteiger partial charge in [0.2, 0.25) is 0 Å². The summed E-state index contributed by atoms with van der Waals surface area (Å²) < 4.78 is 2.38. The van der Waals surface area contributed by atoms with Crippen LogP contribution in [-0.4, -0.2) is 14.5 Å². The smallest absolute Gasteiger partial charge is 0.0995 e. The standard InChI is InChI=1S/C54H34N4/c1-4-16-39(17-5-1)57(40-18-6-2-7-19-40)42-27-29-45-47(34-42)43-22-12-13-23-44(43)52-53(45)56-54-48(55-52)30-31-49-51(54)46-28-26-38(33-50(46)58(49)41-20-8-3-9-21-41)37-25-24-35-14-10-11-15-36(35)32-37/h1-34H. The van der Waals surface area contributed by atoms with Gasteiger partial charge in [-0.25, -0.2) is 9.97 Å². The molecular formula is C54H34N4. The van der Waals surface area contributed by atoms with Crippen molar-refractivity contribution in [2.75, 3.05) is 4.90 Å². The summed E-state index contributed by atoms with van der Waals surface area (Å²) in [6, 6.07) is 73.7. The van der Waals surface area contributed by atoms with Gasteiger partial charge in [0.25, 0.3) is 0 Å². The molecule has 2 heterocycles. The van der Waals surface area contributed by atoms with Gasteiger partial charge in [-0.05, 0) is 105 Å². The molecule has 0 aliphatic heterocycles. The zero-order chi connectivity index (χ0) is 38.2. The fourth-order valence-electron chi connectivity index (χ4n) is 9.03. The first-order valence-electron chi connectivity index (χ1n) is 19.7. The van der Waals surface area contributed by atoms with Gasteiger partial charge in [-0.1, -0.05) is 133 Å². The van der Waals surface area contributed by atoms with Crippen LogP contribution < -0.4 is 4.90 Å². The Balaban J connectivity index is 1.14. The Bertz CT molecular complexity index is 3520. The number of anilines is 3. The molecule has 12 aromatic rings. The van der Waals surface area contributed by atoms with Crippen molar-refractivity contribution in [3.63, 3.8) is 0 Å². The highest BCUT2D eigenvalue weighted by atomic mass is 15.1. The van der Waals surface area contributed by atoms with Gasteiger partial charge >= 0.3 is 0 Å². The van der Waals surface area contributed by atoms with Gasteiger partial charge in [0.05, 0.1) is 33.1 Å². The molecule has 2 aromatic heterocycles. The summed E-state index contributed by atoms with van der Waals surface area (Å²) in [5.41, 5.74) is 12.6. The Morgan fingerprint density at radius 2 is 0.948 bits per heavy atom. The number of rotatable bonds is 5. The van der Waals surface area contributed by atoms with Crippen molar-refractivity contribution in [1.82, 2.24) is 14.5 Å². The molecule has 0 saturated carbocycles. The molecule has 0 amide bonds. The molecule has 0 fully saturated rings. The summed E-state index contributed by atoms with van der Waals surface area (Å²) in [5, 5.41) is 9.20. The van der Waals surface area contributed by atoms with Crippen LogP contribution in [-0.2, 0) is 0 Å². The summed E-state index contributed by atoms with van der Waals surface area (Å²) in [6.45, 7) is 0. The molecule has 0 unspecified atom stereocenters. The summed E-state index contributed by atoms with van der Waals surface area (Å²) in [6.07, 6.45) is 0. The molecule has 0 aliphatic rings. The molecule has 58 heavy (non-hydrogen) atoms. The highest BCUT2D eigenvalue weighted by Crippen LogP contribution is 2.43. The van der Waals surface area contributed by atoms with E-state index in [2.05, 4.69) is 216 Å². The molecule has 0 atom stereocenters. The molecule has 0 saturated heterocycles. The molecule has 270 valence electrons. The van der Waals surface area contributed by atoms with E-state index < -0.39 is 0 Å². The summed E-state index contributed by atoms with van der Waals surface area (Å²) in [4.78, 5) is 13.4. The largest absolute Gasteiger partial charge is 0.310 e. The normalized spacial score (nSPS) is 11.8. The number of nitrogens with zero attached hydrogens (tertiary/aromatic N) is 4. The molecule has 10 aromatic carbocycles. The number of fused-ring (bicyclic) bond motifs is 12. The Kier molecular flexibility index (Phi) is 7.20. The summed E-state index contributed by atoms with van der Waals surface area (Å²) in [5.74, 6) is 0. The fourth-order valence-corrected chi connectivity index (χ4v) is 9.03. The van der Waals surface area contributed by atoms with E-state index in [1.54, 1.807) is 0 Å². The first-order chi connectivity index (χ1) is 28.8. The van der Waals surface area contributed by atoms with Crippen LogP contribution in [0.2, 0.25) is 0 Å². The van der Waals surface area contributed by atoms with Crippen molar-refractivity contribution in [3.05, 3.63) is 206 Å². The van der Waals surface area contributed by atoms with Gasteiger partial charge in [-0.3, -0.25) is 0 Å². The van der Waals surface area contributed by atoms with E-state index in [-0.39, 0.29) is 0 Å². The second-order valence-corrected chi connectivity index (χ2v) is 15.0. The third-order valence-electron chi connectivity index (χ3n) is 11.7. The van der Waals surface area contributed by atoms with Crippen LogP contribution >= 0.6 is 0 Å². The van der Waals surface area contributed by atoms with Crippen LogP contribution in [0.25, 0.3) is 93.0 Å². The maximum absolute atomic E-state index is 5.66. The number of hydrogen-bond donors (Lipinski definition) is 0. The zero-order valence-electron chi connectivity index (χ0n) is 31.4. The molecule has 4 nitrogen and oxygen atoms in total. The zero-order valence-corrected chi connectivity index (χ0v) is 31.4. The van der Waals surface area contributed by atoms with E-state index >= 15 is 0 Å². The second kappa shape index (κ2) is 12.9. The van der Waals surface area contributed by atoms with Crippen LogP contribution in [0, 0.1) is 0 Å². The minimum absolute atomic E-state index is 0.881. The van der Waals surface area contributed by atoms with Crippen LogP contribution in [0.15, 0.2) is 206 Å². The Morgan fingerprint density at radius 1 is 0.345 bits per heavy atom. The van der Waals surface area contributed by atoms with Crippen molar-refractivity contribution >= 4 is 93.3 Å². The molecule has 0 N–H and O–H groups in total. The first kappa shape index (κ1) is 32.4. The van der Waals surface area contributed by atoms with E-state index in [0.717, 1.165) is 88.2 Å². The van der Waals surface area contributed by atoms with Gasteiger partial charge in [0, 0.05) is 44.3 Å². The monoisotopic (exact) mass is 738 g/mol. The SMILES string of the molecule is c1ccc(N(c2ccccc2)c2ccc3c(c2)c2ccccc2c2nc4ccc5c(c6ccc(-c7ccc8ccccc8c7)cc6n5-c5ccccc5)c4nc32)cc1. The van der Waals surface area contributed by atoms with E-state index in [4.69, 9.17) is 9.97 Å². The van der Waals surface area contributed by atoms with Crippen molar-refractivity contribution in [1.29, 1.82) is 0 Å². The Hall–Kier alpha value is -7.82. The molecule has 0 radical (unpaired) electrons. The minimum atomic E-state index is 0.881. The lowest BCUT2D eigenvalue weighted by molar-refractivity contribution is 1.18. The topological polar surface area (TPSA) is 34.0 Å². The average Bonchev–Trinajstić information content (AvgIpc) is 3.63. The number of aromatic nitrogens is 3. The van der Waals surface area contributed by atoms with Crippen LogP contribution in [0.1, 0.15) is 0 Å². The fraction of sp³-hybridized carbons (Fsp3) is 0. The van der Waals surface area contributed by atoms with Crippen molar-refractivity contribution in [2.24, 2.45) is 0 Å². The number of para-hydroxylation sites is 3. The van der Waals surface area contributed by atoms with E-state index in [1.807, 2.05) is 0 Å². The highest BCUT2D eigenvalue weighted by Gasteiger charge is 2.21. The van der Waals surface area contributed by atoms with Gasteiger partial charge in [0.1, 0.15) is 0 Å². The first-order valence-corrected chi connectivity index (χ1v) is 19.7. The highest BCUT2D eigenvalue weighted by molar-refractivity contribution is 6.27. The van der Waals surface area contributed by atoms with Gasteiger partial charge in [-0.15, -0.1) is 0 Å². The number of benzene rings is 10. The summed E-state index contributed by atoms with van der Waals surface area (Å²) in [7, 11) is 0. The molecule has 0 bridgehead atoms. The molecular weight excluding hydrogens is 705 g/mol. The summed E-state index contributed by atoms with van der Waals surface area (Å²) >= 11 is 0. The molecule has 12 rings (SSSR count). The van der Waals surface area contributed by atoms with Gasteiger partial charge in [0.15, 0.2) is 0 Å². The molecule has 4 heteroatoms. The van der Waals surface area contributed by atoms with E-state index in [0.29, 0.717) is 0 Å². The Labute approximate surface area is 334 Å². The molecule has 0 spiro atoms. The van der Waals surface area contributed by atoms with Crippen molar-refractivity contribution < 1.29 is 0 Å². The minimum Gasteiger partial charge on any atom is -0.310 e. The Morgan fingerprint density at radius 3 is 1.72 bits per heavy atom. The van der Waals surface area contributed by atoms with E-state index in [1.165, 1.54) is 21.9 Å². The van der Waals surface area contributed by atoms with Crippen molar-refractivity contribution in [3.8, 4) is 16.8 Å². The third kappa shape index (κ3) is 5.02. The molecule has 0 aliphatic carbocycles. The van der Waals surface area contributed by atoms with Gasteiger partial charge < -0.3 is 9.47 Å². The van der Waals surface area contributed by atoms with Crippen molar-refractivity contribution in [2.45, 2.75) is 0 Å².